The van der Waals surface area contributed by atoms with Gasteiger partial charge in [0.1, 0.15) is 0 Å². The maximum Gasteiger partial charge on any atom is 0.380 e. The van der Waals surface area contributed by atoms with Gasteiger partial charge in [0.2, 0.25) is 0 Å². The van der Waals surface area contributed by atoms with E-state index in [-0.39, 0.29) is 11.2 Å². The minimum absolute atomic E-state index is 0.0203. The van der Waals surface area contributed by atoms with Crippen LogP contribution < -0.4 is 14.1 Å². The molecule has 0 bridgehead atoms. The van der Waals surface area contributed by atoms with Gasteiger partial charge in [0.15, 0.2) is 11.5 Å². The topological polar surface area (TPSA) is 111 Å². The molecule has 1 aromatic rings. The van der Waals surface area contributed by atoms with Crippen LogP contribution in [-0.2, 0) is 16.7 Å². The van der Waals surface area contributed by atoms with Crippen molar-refractivity contribution in [2.45, 2.75) is 64.2 Å². The lowest BCUT2D eigenvalue weighted by atomic mass is 9.49. The smallest absolute Gasteiger partial charge is 0.380 e. The first kappa shape index (κ1) is 20.5. The molecule has 3 aliphatic carbocycles. The van der Waals surface area contributed by atoms with E-state index in [0.717, 1.165) is 56.2 Å². The van der Waals surface area contributed by atoms with E-state index in [1.807, 2.05) is 6.07 Å². The molecule has 0 radical (unpaired) electrons. The lowest BCUT2D eigenvalue weighted by Crippen LogP contribution is -2.50. The van der Waals surface area contributed by atoms with E-state index in [2.05, 4.69) is 12.1 Å². The van der Waals surface area contributed by atoms with Crippen LogP contribution in [0, 0.1) is 17.3 Å². The molecule has 8 heteroatoms. The number of nitrogens with two attached hydrogens (primary N) is 1. The molecule has 4 atom stereocenters. The standard InChI is InChI=1S/C21H30N2O5S/c1-3-21-10-9-14-15(17(21)5-4-6-20(21)23-24)8-7-13-11-19(28-29(22,25)26)18(27-2)12-16(13)14/h11-12,14-15,17,24H,3-10H2,1-2H3,(H2,22,25,26)/b23-20+/t14?,15?,17?,21-/m0/s1. The number of rotatable bonds is 4. The summed E-state index contributed by atoms with van der Waals surface area (Å²) in [5, 5.41) is 18.5. The van der Waals surface area contributed by atoms with Gasteiger partial charge < -0.3 is 14.1 Å². The second kappa shape index (κ2) is 7.47. The van der Waals surface area contributed by atoms with Crippen molar-refractivity contribution in [1.82, 2.24) is 0 Å². The summed E-state index contributed by atoms with van der Waals surface area (Å²) in [4.78, 5) is 0. The zero-order valence-electron chi connectivity index (χ0n) is 17.1. The molecule has 7 nitrogen and oxygen atoms in total. The van der Waals surface area contributed by atoms with Crippen LogP contribution >= 0.6 is 0 Å². The van der Waals surface area contributed by atoms with Gasteiger partial charge in [0.25, 0.3) is 0 Å². The second-order valence-electron chi connectivity index (χ2n) is 8.68. The fourth-order valence-electron chi connectivity index (χ4n) is 6.52. The van der Waals surface area contributed by atoms with Crippen LogP contribution in [0.5, 0.6) is 11.5 Å². The minimum atomic E-state index is -4.11. The van der Waals surface area contributed by atoms with E-state index in [1.165, 1.54) is 19.1 Å². The van der Waals surface area contributed by atoms with Crippen LogP contribution in [0.4, 0.5) is 0 Å². The molecule has 0 amide bonds. The highest BCUT2D eigenvalue weighted by molar-refractivity contribution is 7.84. The minimum Gasteiger partial charge on any atom is -0.493 e. The Morgan fingerprint density at radius 1 is 1.24 bits per heavy atom. The van der Waals surface area contributed by atoms with Gasteiger partial charge in [-0.15, -0.1) is 0 Å². The third kappa shape index (κ3) is 3.40. The number of benzene rings is 1. The Bertz CT molecular complexity index is 929. The van der Waals surface area contributed by atoms with Gasteiger partial charge in [-0.1, -0.05) is 12.1 Å². The normalized spacial score (nSPS) is 32.8. The quantitative estimate of drug-likeness (QED) is 0.567. The summed E-state index contributed by atoms with van der Waals surface area (Å²) in [5.74, 6) is 2.00. The predicted octanol–water partition coefficient (Wildman–Crippen LogP) is 3.74. The SMILES string of the molecule is CC[C@]12CCC3c4cc(OC)c(OS(N)(=O)=O)cc4CCC3C1CCC/C2=N\O. The number of methoxy groups -OCH3 is 1. The first-order valence-electron chi connectivity index (χ1n) is 10.5. The molecule has 4 rings (SSSR count). The van der Waals surface area contributed by atoms with Crippen molar-refractivity contribution in [3.63, 3.8) is 0 Å². The molecular formula is C21H30N2O5S. The summed E-state index contributed by atoms with van der Waals surface area (Å²) in [7, 11) is -2.61. The van der Waals surface area contributed by atoms with Gasteiger partial charge in [0, 0.05) is 5.41 Å². The largest absolute Gasteiger partial charge is 0.493 e. The molecule has 0 heterocycles. The Morgan fingerprint density at radius 2 is 2.03 bits per heavy atom. The second-order valence-corrected chi connectivity index (χ2v) is 9.83. The highest BCUT2D eigenvalue weighted by Crippen LogP contribution is 2.60. The van der Waals surface area contributed by atoms with Crippen molar-refractivity contribution >= 4 is 16.0 Å². The zero-order chi connectivity index (χ0) is 20.8. The molecule has 0 saturated heterocycles. The highest BCUT2D eigenvalue weighted by atomic mass is 32.2. The van der Waals surface area contributed by atoms with Crippen LogP contribution in [0.15, 0.2) is 17.3 Å². The van der Waals surface area contributed by atoms with Crippen molar-refractivity contribution < 1.29 is 22.5 Å². The number of aryl methyl sites for hydroxylation is 1. The molecule has 2 fully saturated rings. The summed E-state index contributed by atoms with van der Waals surface area (Å²) in [6.07, 6.45) is 8.12. The van der Waals surface area contributed by atoms with E-state index in [4.69, 9.17) is 14.1 Å². The van der Waals surface area contributed by atoms with E-state index in [0.29, 0.717) is 23.5 Å². The van der Waals surface area contributed by atoms with E-state index in [9.17, 15) is 13.6 Å². The molecule has 3 unspecified atom stereocenters. The van der Waals surface area contributed by atoms with Crippen LogP contribution in [0.2, 0.25) is 0 Å². The van der Waals surface area contributed by atoms with Crippen molar-refractivity contribution in [2.24, 2.45) is 27.5 Å². The lowest BCUT2D eigenvalue weighted by molar-refractivity contribution is 0.0444. The molecule has 29 heavy (non-hydrogen) atoms. The van der Waals surface area contributed by atoms with E-state index >= 15 is 0 Å². The van der Waals surface area contributed by atoms with Crippen molar-refractivity contribution in [1.29, 1.82) is 0 Å². The third-order valence-corrected chi connectivity index (χ3v) is 8.09. The number of nitrogens with zero attached hydrogens (tertiary/aromatic N) is 1. The molecule has 0 spiro atoms. The van der Waals surface area contributed by atoms with E-state index in [1.54, 1.807) is 6.07 Å². The molecule has 0 aromatic heterocycles. The van der Waals surface area contributed by atoms with E-state index < -0.39 is 10.3 Å². The monoisotopic (exact) mass is 422 g/mol. The summed E-state index contributed by atoms with van der Waals surface area (Å²) in [6.45, 7) is 2.22. The van der Waals surface area contributed by atoms with Gasteiger partial charge in [-0.05, 0) is 92.4 Å². The maximum atomic E-state index is 11.4. The first-order valence-corrected chi connectivity index (χ1v) is 11.9. The summed E-state index contributed by atoms with van der Waals surface area (Å²) in [5.41, 5.74) is 3.36. The van der Waals surface area contributed by atoms with Gasteiger partial charge in [-0.2, -0.15) is 13.6 Å². The van der Waals surface area contributed by atoms with Crippen LogP contribution in [0.3, 0.4) is 0 Å². The summed E-state index contributed by atoms with van der Waals surface area (Å²) < 4.78 is 33.2. The van der Waals surface area contributed by atoms with Gasteiger partial charge in [-0.25, -0.2) is 0 Å². The summed E-state index contributed by atoms with van der Waals surface area (Å²) in [6, 6.07) is 3.72. The average Bonchev–Trinajstić information content (AvgIpc) is 2.70. The molecule has 160 valence electrons. The molecular weight excluding hydrogens is 392 g/mol. The number of ether oxygens (including phenoxy) is 1. The number of hydrogen-bond acceptors (Lipinski definition) is 6. The molecule has 3 aliphatic rings. The summed E-state index contributed by atoms with van der Waals surface area (Å²) >= 11 is 0. The molecule has 1 aromatic carbocycles. The highest BCUT2D eigenvalue weighted by Gasteiger charge is 2.53. The Kier molecular flexibility index (Phi) is 5.27. The Balaban J connectivity index is 1.72. The van der Waals surface area contributed by atoms with Crippen molar-refractivity contribution in [2.75, 3.05) is 7.11 Å². The van der Waals surface area contributed by atoms with Crippen LogP contribution in [-0.4, -0.2) is 26.4 Å². The maximum absolute atomic E-state index is 11.4. The van der Waals surface area contributed by atoms with Crippen molar-refractivity contribution in [3.05, 3.63) is 23.3 Å². The third-order valence-electron chi connectivity index (χ3n) is 7.68. The Labute approximate surface area is 172 Å². The number of fused-ring (bicyclic) bond motifs is 5. The van der Waals surface area contributed by atoms with Crippen molar-refractivity contribution in [3.8, 4) is 11.5 Å². The first-order chi connectivity index (χ1) is 13.8. The van der Waals surface area contributed by atoms with Gasteiger partial charge in [-0.3, -0.25) is 0 Å². The number of hydrogen-bond donors (Lipinski definition) is 2. The lowest BCUT2D eigenvalue weighted by Gasteiger charge is -2.55. The molecule has 3 N–H and O–H groups in total. The zero-order valence-corrected chi connectivity index (χ0v) is 17.9. The fraction of sp³-hybridized carbons (Fsp3) is 0.667. The molecule has 0 aliphatic heterocycles. The number of oxime groups is 1. The average molecular weight is 423 g/mol. The Hall–Kier alpha value is -1.80. The predicted molar refractivity (Wildman–Crippen MR) is 110 cm³/mol. The van der Waals surface area contributed by atoms with Gasteiger partial charge >= 0.3 is 10.3 Å². The molecule has 2 saturated carbocycles. The fourth-order valence-corrected chi connectivity index (χ4v) is 6.90. The Morgan fingerprint density at radius 3 is 2.69 bits per heavy atom. The van der Waals surface area contributed by atoms with Crippen LogP contribution in [0.1, 0.15) is 68.9 Å². The van der Waals surface area contributed by atoms with Gasteiger partial charge in [0.05, 0.1) is 12.8 Å². The van der Waals surface area contributed by atoms with Crippen LogP contribution in [0.25, 0.3) is 0 Å².